The molecule has 3 nitrogen and oxygen atoms in total. The molecule has 21 heavy (non-hydrogen) atoms. The molecule has 0 aromatic heterocycles. The molecule has 0 fully saturated rings. The Morgan fingerprint density at radius 2 is 1.86 bits per heavy atom. The minimum Gasteiger partial charge on any atom is -0.272 e. The van der Waals surface area contributed by atoms with Crippen LogP contribution in [0.25, 0.3) is 0 Å². The van der Waals surface area contributed by atoms with Crippen LogP contribution in [0.4, 0.5) is 4.39 Å². The van der Waals surface area contributed by atoms with Gasteiger partial charge in [0.05, 0.1) is 12.0 Å². The highest BCUT2D eigenvalue weighted by molar-refractivity contribution is 7.99. The Bertz CT molecular complexity index is 617. The number of halogens is 1. The predicted molar refractivity (Wildman–Crippen MR) is 84.7 cm³/mol. The highest BCUT2D eigenvalue weighted by atomic mass is 32.2. The average Bonchev–Trinajstić information content (AvgIpc) is 2.50. The number of benzene rings is 2. The smallest absolute Gasteiger partial charge is 0.250 e. The van der Waals surface area contributed by atoms with E-state index in [-0.39, 0.29) is 11.7 Å². The maximum atomic E-state index is 13.3. The van der Waals surface area contributed by atoms with Crippen LogP contribution in [0.2, 0.25) is 0 Å². The quantitative estimate of drug-likeness (QED) is 0.657. The lowest BCUT2D eigenvalue weighted by molar-refractivity contribution is -0.118. The van der Waals surface area contributed by atoms with Gasteiger partial charge in [-0.3, -0.25) is 4.79 Å². The number of hydrogen-bond donors (Lipinski definition) is 1. The van der Waals surface area contributed by atoms with Crippen molar-refractivity contribution in [3.8, 4) is 0 Å². The van der Waals surface area contributed by atoms with E-state index in [1.807, 2.05) is 30.3 Å². The van der Waals surface area contributed by atoms with Gasteiger partial charge in [0.25, 0.3) is 0 Å². The molecular weight excluding hydrogens is 287 g/mol. The van der Waals surface area contributed by atoms with Gasteiger partial charge in [-0.15, -0.1) is 11.8 Å². The van der Waals surface area contributed by atoms with Crippen molar-refractivity contribution in [2.45, 2.75) is 5.75 Å². The number of rotatable bonds is 6. The summed E-state index contributed by atoms with van der Waals surface area (Å²) < 4.78 is 13.3. The van der Waals surface area contributed by atoms with E-state index in [0.29, 0.717) is 11.3 Å². The van der Waals surface area contributed by atoms with Crippen LogP contribution in [0.1, 0.15) is 11.1 Å². The Labute approximate surface area is 127 Å². The maximum absolute atomic E-state index is 13.3. The van der Waals surface area contributed by atoms with Crippen molar-refractivity contribution in [3.05, 3.63) is 71.5 Å². The van der Waals surface area contributed by atoms with Crippen molar-refractivity contribution in [3.63, 3.8) is 0 Å². The molecule has 0 heterocycles. The van der Waals surface area contributed by atoms with Crippen molar-refractivity contribution in [2.75, 3.05) is 5.75 Å². The fourth-order valence-corrected chi connectivity index (χ4v) is 2.40. The van der Waals surface area contributed by atoms with Crippen molar-refractivity contribution in [2.24, 2.45) is 5.10 Å². The lowest BCUT2D eigenvalue weighted by atomic mass is 10.2. The van der Waals surface area contributed by atoms with Crippen molar-refractivity contribution < 1.29 is 9.18 Å². The molecule has 0 unspecified atom stereocenters. The van der Waals surface area contributed by atoms with E-state index in [4.69, 9.17) is 0 Å². The molecule has 0 aliphatic rings. The summed E-state index contributed by atoms with van der Waals surface area (Å²) in [6.45, 7) is 0. The Morgan fingerprint density at radius 3 is 2.62 bits per heavy atom. The van der Waals surface area contributed by atoms with Crippen molar-refractivity contribution in [1.82, 2.24) is 5.43 Å². The summed E-state index contributed by atoms with van der Waals surface area (Å²) in [4.78, 5) is 11.6. The zero-order valence-corrected chi connectivity index (χ0v) is 12.1. The number of hydrogen-bond acceptors (Lipinski definition) is 3. The molecule has 0 saturated heterocycles. The van der Waals surface area contributed by atoms with Crippen LogP contribution in [0.3, 0.4) is 0 Å². The summed E-state index contributed by atoms with van der Waals surface area (Å²) in [6, 6.07) is 16.2. The average molecular weight is 302 g/mol. The van der Waals surface area contributed by atoms with Gasteiger partial charge in [0.15, 0.2) is 0 Å². The Kier molecular flexibility index (Phi) is 5.97. The minimum absolute atomic E-state index is 0.205. The van der Waals surface area contributed by atoms with Crippen LogP contribution < -0.4 is 5.43 Å². The van der Waals surface area contributed by atoms with Crippen LogP contribution in [-0.2, 0) is 10.5 Å². The lowest BCUT2D eigenvalue weighted by Gasteiger charge is -2.01. The Hall–Kier alpha value is -2.14. The topological polar surface area (TPSA) is 41.5 Å². The predicted octanol–water partition coefficient (Wildman–Crippen LogP) is 3.21. The number of thioether (sulfide) groups is 1. The van der Waals surface area contributed by atoms with E-state index >= 15 is 0 Å². The van der Waals surface area contributed by atoms with Crippen LogP contribution in [0, 0.1) is 5.82 Å². The van der Waals surface area contributed by atoms with Crippen LogP contribution in [-0.4, -0.2) is 17.9 Å². The summed E-state index contributed by atoms with van der Waals surface area (Å²) in [5.41, 5.74) is 3.90. The summed E-state index contributed by atoms with van der Waals surface area (Å²) in [5.74, 6) is 0.506. The first-order valence-corrected chi connectivity index (χ1v) is 7.59. The standard InChI is InChI=1S/C16H15FN2OS/c17-15-9-5-4-8-14(15)10-18-19-16(20)12-21-11-13-6-2-1-3-7-13/h1-10H,11-12H2,(H,19,20)/b18-10-. The van der Waals surface area contributed by atoms with Gasteiger partial charge < -0.3 is 0 Å². The summed E-state index contributed by atoms with van der Waals surface area (Å²) in [5, 5.41) is 3.75. The van der Waals surface area contributed by atoms with Gasteiger partial charge in [-0.2, -0.15) is 5.10 Å². The molecule has 0 aliphatic heterocycles. The molecule has 0 saturated carbocycles. The molecule has 0 aliphatic carbocycles. The van der Waals surface area contributed by atoms with E-state index in [9.17, 15) is 9.18 Å². The van der Waals surface area contributed by atoms with Gasteiger partial charge in [0, 0.05) is 11.3 Å². The number of carbonyl (C=O) groups is 1. The first kappa shape index (κ1) is 15.3. The monoisotopic (exact) mass is 302 g/mol. The zero-order valence-electron chi connectivity index (χ0n) is 11.3. The van der Waals surface area contributed by atoms with E-state index in [0.717, 1.165) is 5.75 Å². The first-order valence-electron chi connectivity index (χ1n) is 6.44. The molecule has 108 valence electrons. The summed E-state index contributed by atoms with van der Waals surface area (Å²) in [6.07, 6.45) is 1.30. The Balaban J connectivity index is 1.71. The molecule has 0 atom stereocenters. The second kappa shape index (κ2) is 8.21. The maximum Gasteiger partial charge on any atom is 0.250 e. The normalized spacial score (nSPS) is 10.7. The molecule has 0 radical (unpaired) electrons. The van der Waals surface area contributed by atoms with E-state index in [2.05, 4.69) is 10.5 Å². The minimum atomic E-state index is -0.367. The van der Waals surface area contributed by atoms with Gasteiger partial charge in [-0.05, 0) is 11.6 Å². The van der Waals surface area contributed by atoms with Gasteiger partial charge in [0.1, 0.15) is 5.82 Å². The molecular formula is C16H15FN2OS. The molecule has 1 N–H and O–H groups in total. The van der Waals surface area contributed by atoms with Crippen molar-refractivity contribution >= 4 is 23.9 Å². The van der Waals surface area contributed by atoms with Gasteiger partial charge in [0.2, 0.25) is 5.91 Å². The van der Waals surface area contributed by atoms with Crippen LogP contribution >= 0.6 is 11.8 Å². The first-order chi connectivity index (χ1) is 10.3. The largest absolute Gasteiger partial charge is 0.272 e. The summed E-state index contributed by atoms with van der Waals surface area (Å²) >= 11 is 1.50. The third-order valence-corrected chi connectivity index (χ3v) is 3.65. The number of amides is 1. The zero-order chi connectivity index (χ0) is 14.9. The lowest BCUT2D eigenvalue weighted by Crippen LogP contribution is -2.19. The van der Waals surface area contributed by atoms with Crippen LogP contribution in [0.5, 0.6) is 0 Å². The summed E-state index contributed by atoms with van der Waals surface area (Å²) in [7, 11) is 0. The highest BCUT2D eigenvalue weighted by Crippen LogP contribution is 2.11. The molecule has 1 amide bonds. The van der Waals surface area contributed by atoms with E-state index < -0.39 is 0 Å². The molecule has 2 aromatic rings. The van der Waals surface area contributed by atoms with Crippen LogP contribution in [0.15, 0.2) is 59.7 Å². The second-order valence-corrected chi connectivity index (χ2v) is 5.28. The van der Waals surface area contributed by atoms with E-state index in [1.54, 1.807) is 18.2 Å². The van der Waals surface area contributed by atoms with Gasteiger partial charge >= 0.3 is 0 Å². The third-order valence-electron chi connectivity index (χ3n) is 2.64. The molecule has 5 heteroatoms. The molecule has 2 rings (SSSR count). The number of carbonyl (C=O) groups excluding carboxylic acids is 1. The molecule has 2 aromatic carbocycles. The van der Waals surface area contributed by atoms with Gasteiger partial charge in [-0.25, -0.2) is 9.82 Å². The number of nitrogens with one attached hydrogen (secondary N) is 1. The molecule has 0 spiro atoms. The third kappa shape index (κ3) is 5.39. The second-order valence-electron chi connectivity index (χ2n) is 4.29. The number of hydrazone groups is 1. The molecule has 0 bridgehead atoms. The SMILES string of the molecule is O=C(CSCc1ccccc1)N/N=C\c1ccccc1F. The van der Waals surface area contributed by atoms with Gasteiger partial charge in [-0.1, -0.05) is 48.5 Å². The number of nitrogens with zero attached hydrogens (tertiary/aromatic N) is 1. The fourth-order valence-electron chi connectivity index (χ4n) is 1.62. The fraction of sp³-hybridized carbons (Fsp3) is 0.125. The Morgan fingerprint density at radius 1 is 1.14 bits per heavy atom. The highest BCUT2D eigenvalue weighted by Gasteiger charge is 2.01. The van der Waals surface area contributed by atoms with E-state index in [1.165, 1.54) is 29.6 Å². The van der Waals surface area contributed by atoms with Crippen molar-refractivity contribution in [1.29, 1.82) is 0 Å².